The van der Waals surface area contributed by atoms with Crippen molar-refractivity contribution in [2.45, 2.75) is 56.3 Å². The summed E-state index contributed by atoms with van der Waals surface area (Å²) < 4.78 is 11.6. The summed E-state index contributed by atoms with van der Waals surface area (Å²) in [4.78, 5) is 14.0. The number of hydrogen-bond acceptors (Lipinski definition) is 4. The Labute approximate surface area is 150 Å². The summed E-state index contributed by atoms with van der Waals surface area (Å²) in [7, 11) is 1.90. The van der Waals surface area contributed by atoms with Crippen molar-refractivity contribution in [2.24, 2.45) is 5.41 Å². The first-order valence-corrected chi connectivity index (χ1v) is 10.5. The largest absolute Gasteiger partial charge is 0.381 e. The number of nitrogens with zero attached hydrogens (tertiary/aromatic N) is 1. The molecule has 1 N–H and O–H groups in total. The minimum absolute atomic E-state index is 0.0548. The quantitative estimate of drug-likeness (QED) is 0.823. The Hall–Kier alpha value is -0.460. The molecular weight excluding hydrogens is 324 g/mol. The fourth-order valence-electron chi connectivity index (χ4n) is 4.00. The second kappa shape index (κ2) is 8.77. The standard InChI is InChI=1S/C18H32N2O3S/c1-20(13-16-3-2-12-24-16)17(21)19-9-5-15-4-6-18(14-23-15)7-10-22-11-8-18/h15-16H,2-14H2,1H3,(H,19,21). The molecule has 6 heteroatoms. The summed E-state index contributed by atoms with van der Waals surface area (Å²) in [6, 6.07) is 0.0548. The van der Waals surface area contributed by atoms with Gasteiger partial charge in [-0.2, -0.15) is 11.8 Å². The SMILES string of the molecule is CN(CC1CCCS1)C(=O)NCCC1CCC2(CCOCC2)CO1. The molecule has 138 valence electrons. The van der Waals surface area contributed by atoms with Crippen molar-refractivity contribution < 1.29 is 14.3 Å². The molecule has 24 heavy (non-hydrogen) atoms. The van der Waals surface area contributed by atoms with Crippen LogP contribution in [0.15, 0.2) is 0 Å². The summed E-state index contributed by atoms with van der Waals surface area (Å²) in [5, 5.41) is 3.68. The Balaban J connectivity index is 1.29. The van der Waals surface area contributed by atoms with Gasteiger partial charge in [0.05, 0.1) is 12.7 Å². The summed E-state index contributed by atoms with van der Waals surface area (Å²) >= 11 is 1.99. The van der Waals surface area contributed by atoms with Gasteiger partial charge in [-0.1, -0.05) is 0 Å². The van der Waals surface area contributed by atoms with E-state index in [2.05, 4.69) is 5.32 Å². The zero-order valence-electron chi connectivity index (χ0n) is 14.9. The van der Waals surface area contributed by atoms with Crippen LogP contribution in [0.25, 0.3) is 0 Å². The number of thioether (sulfide) groups is 1. The molecule has 3 aliphatic heterocycles. The molecule has 0 aromatic heterocycles. The lowest BCUT2D eigenvalue weighted by molar-refractivity contribution is -0.106. The topological polar surface area (TPSA) is 50.8 Å². The predicted octanol–water partition coefficient (Wildman–Crippen LogP) is 2.89. The van der Waals surface area contributed by atoms with E-state index >= 15 is 0 Å². The van der Waals surface area contributed by atoms with E-state index in [9.17, 15) is 4.79 Å². The molecule has 0 aliphatic carbocycles. The van der Waals surface area contributed by atoms with Gasteiger partial charge in [0.15, 0.2) is 0 Å². The van der Waals surface area contributed by atoms with Crippen molar-refractivity contribution in [2.75, 3.05) is 45.7 Å². The molecule has 3 aliphatic rings. The van der Waals surface area contributed by atoms with Gasteiger partial charge in [0, 0.05) is 38.6 Å². The van der Waals surface area contributed by atoms with Gasteiger partial charge >= 0.3 is 6.03 Å². The molecule has 1 spiro atoms. The summed E-state index contributed by atoms with van der Waals surface area (Å²) in [5.74, 6) is 1.24. The Kier molecular flexibility index (Phi) is 6.70. The van der Waals surface area contributed by atoms with Gasteiger partial charge in [0.25, 0.3) is 0 Å². The smallest absolute Gasteiger partial charge is 0.317 e. The molecule has 0 saturated carbocycles. The van der Waals surface area contributed by atoms with Gasteiger partial charge in [0.1, 0.15) is 0 Å². The minimum Gasteiger partial charge on any atom is -0.381 e. The van der Waals surface area contributed by atoms with Crippen LogP contribution in [0.2, 0.25) is 0 Å². The third kappa shape index (κ3) is 5.02. The molecule has 3 rings (SSSR count). The highest BCUT2D eigenvalue weighted by atomic mass is 32.2. The van der Waals surface area contributed by atoms with Gasteiger partial charge < -0.3 is 19.7 Å². The maximum absolute atomic E-state index is 12.2. The van der Waals surface area contributed by atoms with Crippen molar-refractivity contribution in [3.8, 4) is 0 Å². The Bertz CT molecular complexity index is 399. The average Bonchev–Trinajstić information content (AvgIpc) is 3.10. The van der Waals surface area contributed by atoms with E-state index in [-0.39, 0.29) is 6.03 Å². The van der Waals surface area contributed by atoms with Crippen LogP contribution in [-0.4, -0.2) is 68.0 Å². The summed E-state index contributed by atoms with van der Waals surface area (Å²) in [6.07, 6.45) is 8.39. The maximum atomic E-state index is 12.2. The van der Waals surface area contributed by atoms with E-state index in [1.165, 1.54) is 25.0 Å². The fraction of sp³-hybridized carbons (Fsp3) is 0.944. The van der Waals surface area contributed by atoms with E-state index in [1.54, 1.807) is 0 Å². The van der Waals surface area contributed by atoms with E-state index < -0.39 is 0 Å². The number of carbonyl (C=O) groups excluding carboxylic acids is 1. The molecule has 0 aromatic carbocycles. The Morgan fingerprint density at radius 3 is 2.79 bits per heavy atom. The molecule has 3 saturated heterocycles. The van der Waals surface area contributed by atoms with Gasteiger partial charge in [-0.25, -0.2) is 4.79 Å². The Morgan fingerprint density at radius 2 is 2.12 bits per heavy atom. The van der Waals surface area contributed by atoms with Crippen LogP contribution in [0.1, 0.15) is 44.9 Å². The number of nitrogens with one attached hydrogen (secondary N) is 1. The second-order valence-electron chi connectivity index (χ2n) is 7.62. The van der Waals surface area contributed by atoms with Crippen LogP contribution in [0, 0.1) is 5.41 Å². The summed E-state index contributed by atoms with van der Waals surface area (Å²) in [6.45, 7) is 4.21. The molecular formula is C18H32N2O3S. The highest BCUT2D eigenvalue weighted by Gasteiger charge is 2.37. The number of hydrogen-bond donors (Lipinski definition) is 1. The monoisotopic (exact) mass is 356 g/mol. The van der Waals surface area contributed by atoms with Crippen LogP contribution >= 0.6 is 11.8 Å². The van der Waals surface area contributed by atoms with Gasteiger partial charge in [0.2, 0.25) is 0 Å². The molecule has 0 radical (unpaired) electrons. The number of amides is 2. The first-order valence-electron chi connectivity index (χ1n) is 9.47. The average molecular weight is 357 g/mol. The fourth-order valence-corrected chi connectivity index (χ4v) is 5.32. The first kappa shape index (κ1) is 18.3. The number of urea groups is 1. The van der Waals surface area contributed by atoms with Crippen molar-refractivity contribution in [3.05, 3.63) is 0 Å². The maximum Gasteiger partial charge on any atom is 0.317 e. The van der Waals surface area contributed by atoms with E-state index in [0.29, 0.717) is 23.3 Å². The zero-order chi connectivity index (χ0) is 16.8. The lowest BCUT2D eigenvalue weighted by Gasteiger charge is -2.42. The number of rotatable bonds is 5. The predicted molar refractivity (Wildman–Crippen MR) is 97.6 cm³/mol. The van der Waals surface area contributed by atoms with Gasteiger partial charge in [-0.15, -0.1) is 0 Å². The highest BCUT2D eigenvalue weighted by molar-refractivity contribution is 8.00. The second-order valence-corrected chi connectivity index (χ2v) is 9.03. The molecule has 0 aromatic rings. The van der Waals surface area contributed by atoms with Crippen LogP contribution in [0.3, 0.4) is 0 Å². The third-order valence-corrected chi connectivity index (χ3v) is 7.15. The van der Waals surface area contributed by atoms with Crippen LogP contribution in [0.5, 0.6) is 0 Å². The van der Waals surface area contributed by atoms with Crippen LogP contribution in [0.4, 0.5) is 4.79 Å². The molecule has 5 nitrogen and oxygen atoms in total. The lowest BCUT2D eigenvalue weighted by Crippen LogP contribution is -2.43. The van der Waals surface area contributed by atoms with Crippen molar-refractivity contribution in [3.63, 3.8) is 0 Å². The third-order valence-electron chi connectivity index (χ3n) is 5.77. The van der Waals surface area contributed by atoms with Crippen LogP contribution < -0.4 is 5.32 Å². The van der Waals surface area contributed by atoms with Crippen LogP contribution in [-0.2, 0) is 9.47 Å². The molecule has 2 amide bonds. The highest BCUT2D eigenvalue weighted by Crippen LogP contribution is 2.40. The molecule has 2 atom stereocenters. The summed E-state index contributed by atoms with van der Waals surface area (Å²) in [5.41, 5.74) is 0.372. The molecule has 3 heterocycles. The van der Waals surface area contributed by atoms with E-state index in [4.69, 9.17) is 9.47 Å². The number of ether oxygens (including phenoxy) is 2. The molecule has 0 bridgehead atoms. The zero-order valence-corrected chi connectivity index (χ0v) is 15.7. The Morgan fingerprint density at radius 1 is 1.29 bits per heavy atom. The lowest BCUT2D eigenvalue weighted by atomic mass is 9.75. The van der Waals surface area contributed by atoms with Gasteiger partial charge in [-0.3, -0.25) is 0 Å². The number of carbonyl (C=O) groups is 1. The van der Waals surface area contributed by atoms with Crippen molar-refractivity contribution in [1.29, 1.82) is 0 Å². The van der Waals surface area contributed by atoms with E-state index in [0.717, 1.165) is 52.0 Å². The molecule has 2 unspecified atom stereocenters. The van der Waals surface area contributed by atoms with Crippen molar-refractivity contribution in [1.82, 2.24) is 10.2 Å². The molecule has 3 fully saturated rings. The normalized spacial score (nSPS) is 29.5. The van der Waals surface area contributed by atoms with E-state index in [1.807, 2.05) is 23.7 Å². The first-order chi connectivity index (χ1) is 11.7. The minimum atomic E-state index is 0.0548. The van der Waals surface area contributed by atoms with Crippen molar-refractivity contribution >= 4 is 17.8 Å². The van der Waals surface area contributed by atoms with Gasteiger partial charge in [-0.05, 0) is 56.1 Å².